The van der Waals surface area contributed by atoms with Crippen LogP contribution in [0.4, 0.5) is 5.69 Å². The number of nitrogens with one attached hydrogen (secondary N) is 1. The third-order valence-electron chi connectivity index (χ3n) is 3.74. The van der Waals surface area contributed by atoms with Gasteiger partial charge in [-0.1, -0.05) is 12.1 Å². The Balaban J connectivity index is 2.14. The number of rotatable bonds is 7. The Morgan fingerprint density at radius 2 is 1.96 bits per heavy atom. The van der Waals surface area contributed by atoms with E-state index in [1.54, 1.807) is 50.4 Å². The molecule has 0 bridgehead atoms. The summed E-state index contributed by atoms with van der Waals surface area (Å²) in [7, 11) is 1.56. The summed E-state index contributed by atoms with van der Waals surface area (Å²) in [4.78, 5) is 23.3. The minimum Gasteiger partial charge on any atom is -0.493 e. The number of carbonyl (C=O) groups is 2. The number of hydrogen-bond donors (Lipinski definition) is 2. The molecule has 0 saturated carbocycles. The molecule has 2 aromatic rings. The van der Waals surface area contributed by atoms with Crippen molar-refractivity contribution in [3.8, 4) is 11.5 Å². The van der Waals surface area contributed by atoms with Crippen molar-refractivity contribution in [1.82, 2.24) is 0 Å². The van der Waals surface area contributed by atoms with Crippen molar-refractivity contribution in [2.24, 2.45) is 0 Å². The zero-order valence-electron chi connectivity index (χ0n) is 14.9. The smallest absolute Gasteiger partial charge is 0.336 e. The van der Waals surface area contributed by atoms with Gasteiger partial charge in [0.1, 0.15) is 0 Å². The first kappa shape index (κ1) is 19.1. The van der Waals surface area contributed by atoms with Crippen LogP contribution in [0.1, 0.15) is 28.4 Å². The highest BCUT2D eigenvalue weighted by Crippen LogP contribution is 2.28. The van der Waals surface area contributed by atoms with Crippen LogP contribution in [0.5, 0.6) is 11.5 Å². The van der Waals surface area contributed by atoms with Crippen LogP contribution < -0.4 is 14.8 Å². The third-order valence-corrected chi connectivity index (χ3v) is 3.74. The van der Waals surface area contributed by atoms with Crippen molar-refractivity contribution >= 4 is 23.6 Å². The zero-order chi connectivity index (χ0) is 19.1. The summed E-state index contributed by atoms with van der Waals surface area (Å²) >= 11 is 0. The summed E-state index contributed by atoms with van der Waals surface area (Å²) in [6.45, 7) is 4.03. The van der Waals surface area contributed by atoms with Crippen LogP contribution in [-0.2, 0) is 4.79 Å². The lowest BCUT2D eigenvalue weighted by Gasteiger charge is -2.10. The van der Waals surface area contributed by atoms with E-state index < -0.39 is 5.97 Å². The molecule has 1 amide bonds. The lowest BCUT2D eigenvalue weighted by Crippen LogP contribution is -2.11. The standard InChI is InChI=1S/C20H21NO5/c1-4-26-18-12-14(8-10-17(18)25-3)9-11-19(22)21-16-7-5-6-15(13(16)2)20(23)24/h5-12H,4H2,1-3H3,(H,21,22)(H,23,24)/b11-9+. The first-order chi connectivity index (χ1) is 12.5. The van der Waals surface area contributed by atoms with E-state index >= 15 is 0 Å². The molecule has 0 atom stereocenters. The maximum absolute atomic E-state index is 12.2. The van der Waals surface area contributed by atoms with Gasteiger partial charge >= 0.3 is 5.97 Å². The van der Waals surface area contributed by atoms with Crippen molar-refractivity contribution in [3.05, 3.63) is 59.2 Å². The Morgan fingerprint density at radius 3 is 2.62 bits per heavy atom. The van der Waals surface area contributed by atoms with E-state index in [-0.39, 0.29) is 11.5 Å². The number of methoxy groups -OCH3 is 1. The number of benzene rings is 2. The monoisotopic (exact) mass is 355 g/mol. The second-order valence-corrected chi connectivity index (χ2v) is 5.45. The normalized spacial score (nSPS) is 10.6. The molecule has 0 aliphatic carbocycles. The van der Waals surface area contributed by atoms with Gasteiger partial charge in [-0.2, -0.15) is 0 Å². The average Bonchev–Trinajstić information content (AvgIpc) is 2.62. The fourth-order valence-electron chi connectivity index (χ4n) is 2.41. The van der Waals surface area contributed by atoms with Crippen molar-refractivity contribution in [3.63, 3.8) is 0 Å². The minimum atomic E-state index is -1.03. The average molecular weight is 355 g/mol. The van der Waals surface area contributed by atoms with Crippen LogP contribution in [0.25, 0.3) is 6.08 Å². The predicted octanol–water partition coefficient (Wildman–Crippen LogP) is 3.75. The molecule has 6 heteroatoms. The molecule has 2 rings (SSSR count). The second kappa shape index (κ2) is 8.71. The SMILES string of the molecule is CCOc1cc(/C=C/C(=O)Nc2cccc(C(=O)O)c2C)ccc1OC. The largest absolute Gasteiger partial charge is 0.493 e. The maximum Gasteiger partial charge on any atom is 0.336 e. The summed E-state index contributed by atoms with van der Waals surface area (Å²) in [6.07, 6.45) is 3.03. The Morgan fingerprint density at radius 1 is 1.19 bits per heavy atom. The van der Waals surface area contributed by atoms with Gasteiger partial charge < -0.3 is 19.9 Å². The van der Waals surface area contributed by atoms with Crippen molar-refractivity contribution < 1.29 is 24.2 Å². The number of carboxylic acids is 1. The van der Waals surface area contributed by atoms with E-state index in [2.05, 4.69) is 5.32 Å². The van der Waals surface area contributed by atoms with E-state index in [4.69, 9.17) is 14.6 Å². The lowest BCUT2D eigenvalue weighted by atomic mass is 10.1. The van der Waals surface area contributed by atoms with Crippen LogP contribution in [-0.4, -0.2) is 30.7 Å². The molecule has 0 aliphatic heterocycles. The molecule has 2 aromatic carbocycles. The van der Waals surface area contributed by atoms with Gasteiger partial charge in [-0.25, -0.2) is 4.79 Å². The molecule has 0 spiro atoms. The van der Waals surface area contributed by atoms with Crippen molar-refractivity contribution in [2.45, 2.75) is 13.8 Å². The summed E-state index contributed by atoms with van der Waals surface area (Å²) in [5, 5.41) is 11.8. The molecule has 0 unspecified atom stereocenters. The van der Waals surface area contributed by atoms with Gasteiger partial charge in [0, 0.05) is 11.8 Å². The van der Waals surface area contributed by atoms with Gasteiger partial charge in [0.2, 0.25) is 5.91 Å². The Bertz CT molecular complexity index is 842. The first-order valence-corrected chi connectivity index (χ1v) is 8.09. The zero-order valence-corrected chi connectivity index (χ0v) is 14.9. The molecular weight excluding hydrogens is 334 g/mol. The number of anilines is 1. The fourth-order valence-corrected chi connectivity index (χ4v) is 2.41. The summed E-state index contributed by atoms with van der Waals surface area (Å²) < 4.78 is 10.7. The van der Waals surface area contributed by atoms with E-state index in [9.17, 15) is 9.59 Å². The van der Waals surface area contributed by atoms with Crippen molar-refractivity contribution in [2.75, 3.05) is 19.0 Å². The topological polar surface area (TPSA) is 84.9 Å². The van der Waals surface area contributed by atoms with E-state index in [1.807, 2.05) is 6.92 Å². The molecule has 0 fully saturated rings. The van der Waals surface area contributed by atoms with Gasteiger partial charge in [-0.3, -0.25) is 4.79 Å². The van der Waals surface area contributed by atoms with Crippen LogP contribution >= 0.6 is 0 Å². The summed E-state index contributed by atoms with van der Waals surface area (Å²) in [6, 6.07) is 10.1. The highest BCUT2D eigenvalue weighted by Gasteiger charge is 2.11. The molecule has 0 aliphatic rings. The Labute approximate surface area is 152 Å². The number of hydrogen-bond acceptors (Lipinski definition) is 4. The third kappa shape index (κ3) is 4.63. The molecule has 136 valence electrons. The highest BCUT2D eigenvalue weighted by atomic mass is 16.5. The Hall–Kier alpha value is -3.28. The molecule has 0 radical (unpaired) electrons. The lowest BCUT2D eigenvalue weighted by molar-refractivity contribution is -0.111. The number of ether oxygens (including phenoxy) is 2. The number of carboxylic acid groups (broad SMARTS) is 1. The molecule has 6 nitrogen and oxygen atoms in total. The molecule has 2 N–H and O–H groups in total. The van der Waals surface area contributed by atoms with Gasteiger partial charge in [0.15, 0.2) is 11.5 Å². The van der Waals surface area contributed by atoms with E-state index in [0.717, 1.165) is 5.56 Å². The molecule has 0 saturated heterocycles. The molecular formula is C20H21NO5. The van der Waals surface area contributed by atoms with Crippen LogP contribution in [0.15, 0.2) is 42.5 Å². The van der Waals surface area contributed by atoms with E-state index in [0.29, 0.717) is 29.4 Å². The maximum atomic E-state index is 12.2. The van der Waals surface area contributed by atoms with E-state index in [1.165, 1.54) is 12.1 Å². The van der Waals surface area contributed by atoms with Gasteiger partial charge in [-0.05, 0) is 55.3 Å². The first-order valence-electron chi connectivity index (χ1n) is 8.09. The number of carbonyl (C=O) groups excluding carboxylic acids is 1. The second-order valence-electron chi connectivity index (χ2n) is 5.45. The number of amides is 1. The quantitative estimate of drug-likeness (QED) is 0.739. The summed E-state index contributed by atoms with van der Waals surface area (Å²) in [5.41, 5.74) is 1.90. The summed E-state index contributed by atoms with van der Waals surface area (Å²) in [5.74, 6) is -0.169. The number of aromatic carboxylic acids is 1. The highest BCUT2D eigenvalue weighted by molar-refractivity contribution is 6.03. The Kier molecular flexibility index (Phi) is 6.38. The fraction of sp³-hybridized carbons (Fsp3) is 0.200. The predicted molar refractivity (Wildman–Crippen MR) is 100.0 cm³/mol. The van der Waals surface area contributed by atoms with Crippen LogP contribution in [0, 0.1) is 6.92 Å². The van der Waals surface area contributed by atoms with Gasteiger partial charge in [0.05, 0.1) is 19.3 Å². The van der Waals surface area contributed by atoms with Gasteiger partial charge in [-0.15, -0.1) is 0 Å². The van der Waals surface area contributed by atoms with Crippen LogP contribution in [0.3, 0.4) is 0 Å². The molecule has 0 heterocycles. The van der Waals surface area contributed by atoms with Gasteiger partial charge in [0.25, 0.3) is 0 Å². The minimum absolute atomic E-state index is 0.156. The molecule has 0 aromatic heterocycles. The van der Waals surface area contributed by atoms with Crippen LogP contribution in [0.2, 0.25) is 0 Å². The van der Waals surface area contributed by atoms with Crippen molar-refractivity contribution in [1.29, 1.82) is 0 Å². The molecule has 26 heavy (non-hydrogen) atoms.